The Bertz CT molecular complexity index is 292. The number of rotatable bonds is 3. The Morgan fingerprint density at radius 2 is 2.15 bits per heavy atom. The number of nitrogens with two attached hydrogens (primary N) is 1. The maximum atomic E-state index is 11.7. The van der Waals surface area contributed by atoms with Crippen LogP contribution < -0.4 is 5.73 Å². The first-order valence-corrected chi connectivity index (χ1v) is 5.20. The molecule has 0 bridgehead atoms. The van der Waals surface area contributed by atoms with Crippen LogP contribution in [0.3, 0.4) is 0 Å². The van der Waals surface area contributed by atoms with Gasteiger partial charge in [-0.3, -0.25) is 4.79 Å². The Balaban J connectivity index is 2.84. The summed E-state index contributed by atoms with van der Waals surface area (Å²) >= 11 is 1.40. The minimum atomic E-state index is 0.0394. The van der Waals surface area contributed by atoms with Crippen LogP contribution in [0.5, 0.6) is 0 Å². The zero-order chi connectivity index (χ0) is 9.84. The van der Waals surface area contributed by atoms with E-state index in [0.717, 1.165) is 13.1 Å². The average molecular weight is 198 g/mol. The highest BCUT2D eigenvalue weighted by Crippen LogP contribution is 2.20. The molecular weight excluding hydrogens is 184 g/mol. The Hall–Kier alpha value is -1.03. The summed E-state index contributed by atoms with van der Waals surface area (Å²) in [7, 11) is 0. The van der Waals surface area contributed by atoms with Crippen LogP contribution in [-0.4, -0.2) is 23.9 Å². The van der Waals surface area contributed by atoms with Crippen molar-refractivity contribution in [1.29, 1.82) is 0 Å². The van der Waals surface area contributed by atoms with Crippen LogP contribution in [0, 0.1) is 0 Å². The van der Waals surface area contributed by atoms with Crippen molar-refractivity contribution < 1.29 is 4.79 Å². The topological polar surface area (TPSA) is 46.3 Å². The van der Waals surface area contributed by atoms with E-state index >= 15 is 0 Å². The lowest BCUT2D eigenvalue weighted by Crippen LogP contribution is -2.30. The molecule has 1 heterocycles. The number of carbonyl (C=O) groups is 1. The van der Waals surface area contributed by atoms with Crippen LogP contribution in [0.1, 0.15) is 23.5 Å². The fourth-order valence-electron chi connectivity index (χ4n) is 1.15. The molecule has 0 saturated carbocycles. The highest BCUT2D eigenvalue weighted by Gasteiger charge is 2.15. The van der Waals surface area contributed by atoms with E-state index in [2.05, 4.69) is 0 Å². The zero-order valence-corrected chi connectivity index (χ0v) is 8.73. The number of anilines is 1. The van der Waals surface area contributed by atoms with Gasteiger partial charge in [-0.1, -0.05) is 0 Å². The van der Waals surface area contributed by atoms with Crippen molar-refractivity contribution in [1.82, 2.24) is 4.90 Å². The third kappa shape index (κ3) is 2.01. The van der Waals surface area contributed by atoms with Gasteiger partial charge in [-0.2, -0.15) is 0 Å². The van der Waals surface area contributed by atoms with Gasteiger partial charge >= 0.3 is 0 Å². The number of nitrogen functional groups attached to an aromatic ring is 1. The van der Waals surface area contributed by atoms with Crippen LogP contribution >= 0.6 is 11.3 Å². The van der Waals surface area contributed by atoms with Crippen LogP contribution in [0.15, 0.2) is 11.4 Å². The normalized spacial score (nSPS) is 10.0. The molecule has 0 unspecified atom stereocenters. The molecular formula is C9H14N2OS. The first-order valence-electron chi connectivity index (χ1n) is 4.32. The van der Waals surface area contributed by atoms with Crippen molar-refractivity contribution in [3.63, 3.8) is 0 Å². The summed E-state index contributed by atoms with van der Waals surface area (Å²) in [6.45, 7) is 5.38. The summed E-state index contributed by atoms with van der Waals surface area (Å²) in [6, 6.07) is 1.77. The molecule has 1 aromatic heterocycles. The van der Waals surface area contributed by atoms with E-state index in [-0.39, 0.29) is 5.91 Å². The molecule has 0 fully saturated rings. The molecule has 4 heteroatoms. The van der Waals surface area contributed by atoms with Gasteiger partial charge in [0.15, 0.2) is 0 Å². The molecule has 0 aliphatic rings. The maximum Gasteiger partial charge on any atom is 0.266 e. The van der Waals surface area contributed by atoms with Gasteiger partial charge in [0.05, 0.1) is 5.69 Å². The molecule has 0 aromatic carbocycles. The second-order valence-corrected chi connectivity index (χ2v) is 3.60. The number of hydrogen-bond acceptors (Lipinski definition) is 3. The van der Waals surface area contributed by atoms with Gasteiger partial charge in [0, 0.05) is 13.1 Å². The van der Waals surface area contributed by atoms with Crippen molar-refractivity contribution >= 4 is 22.9 Å². The second kappa shape index (κ2) is 4.28. The first kappa shape index (κ1) is 10.1. The standard InChI is InChI=1S/C9H14N2OS/c1-3-11(4-2)9(12)8-7(10)5-6-13-8/h5-6H,3-4,10H2,1-2H3. The Morgan fingerprint density at radius 3 is 2.54 bits per heavy atom. The van der Waals surface area contributed by atoms with Crippen LogP contribution in [0.25, 0.3) is 0 Å². The summed E-state index contributed by atoms with van der Waals surface area (Å²) < 4.78 is 0. The van der Waals surface area contributed by atoms with Crippen molar-refractivity contribution in [2.24, 2.45) is 0 Å². The van der Waals surface area contributed by atoms with Crippen molar-refractivity contribution in [3.8, 4) is 0 Å². The highest BCUT2D eigenvalue weighted by atomic mass is 32.1. The molecule has 2 N–H and O–H groups in total. The smallest absolute Gasteiger partial charge is 0.266 e. The minimum absolute atomic E-state index is 0.0394. The van der Waals surface area contributed by atoms with Gasteiger partial charge in [0.1, 0.15) is 4.88 Å². The monoisotopic (exact) mass is 198 g/mol. The Labute approximate surface area is 82.2 Å². The number of nitrogens with zero attached hydrogens (tertiary/aromatic N) is 1. The molecule has 1 amide bonds. The van der Waals surface area contributed by atoms with Crippen molar-refractivity contribution in [3.05, 3.63) is 16.3 Å². The molecule has 3 nitrogen and oxygen atoms in total. The number of hydrogen-bond donors (Lipinski definition) is 1. The third-order valence-electron chi connectivity index (χ3n) is 1.94. The van der Waals surface area contributed by atoms with E-state index in [9.17, 15) is 4.79 Å². The predicted octanol–water partition coefficient (Wildman–Crippen LogP) is 1.81. The quantitative estimate of drug-likeness (QED) is 0.805. The summed E-state index contributed by atoms with van der Waals surface area (Å²) in [5, 5.41) is 1.84. The third-order valence-corrected chi connectivity index (χ3v) is 2.86. The first-order chi connectivity index (χ1) is 6.20. The summed E-state index contributed by atoms with van der Waals surface area (Å²) in [4.78, 5) is 14.2. The molecule has 72 valence electrons. The molecule has 13 heavy (non-hydrogen) atoms. The zero-order valence-electron chi connectivity index (χ0n) is 7.91. The van der Waals surface area contributed by atoms with Crippen LogP contribution in [0.2, 0.25) is 0 Å². The van der Waals surface area contributed by atoms with Gasteiger partial charge in [0.2, 0.25) is 0 Å². The van der Waals surface area contributed by atoms with E-state index in [1.54, 1.807) is 11.0 Å². The van der Waals surface area contributed by atoms with Crippen LogP contribution in [0.4, 0.5) is 5.69 Å². The van der Waals surface area contributed by atoms with Crippen LogP contribution in [-0.2, 0) is 0 Å². The molecule has 0 radical (unpaired) electrons. The van der Waals surface area contributed by atoms with Crippen molar-refractivity contribution in [2.45, 2.75) is 13.8 Å². The van der Waals surface area contributed by atoms with Crippen molar-refractivity contribution in [2.75, 3.05) is 18.8 Å². The van der Waals surface area contributed by atoms with E-state index < -0.39 is 0 Å². The number of thiophene rings is 1. The average Bonchev–Trinajstić information content (AvgIpc) is 2.53. The van der Waals surface area contributed by atoms with Gasteiger partial charge in [-0.25, -0.2) is 0 Å². The largest absolute Gasteiger partial charge is 0.397 e. The summed E-state index contributed by atoms with van der Waals surface area (Å²) in [5.74, 6) is 0.0394. The second-order valence-electron chi connectivity index (χ2n) is 2.68. The maximum absolute atomic E-state index is 11.7. The van der Waals surface area contributed by atoms with E-state index in [4.69, 9.17) is 5.73 Å². The summed E-state index contributed by atoms with van der Waals surface area (Å²) in [5.41, 5.74) is 6.24. The Morgan fingerprint density at radius 1 is 1.54 bits per heavy atom. The van der Waals surface area contributed by atoms with Gasteiger partial charge in [-0.15, -0.1) is 11.3 Å². The number of carbonyl (C=O) groups excluding carboxylic acids is 1. The molecule has 0 atom stereocenters. The van der Waals surface area contributed by atoms with Gasteiger partial charge in [-0.05, 0) is 25.3 Å². The molecule has 1 rings (SSSR count). The molecule has 0 spiro atoms. The van der Waals surface area contributed by atoms with Gasteiger partial charge < -0.3 is 10.6 Å². The molecule has 0 aliphatic carbocycles. The van der Waals surface area contributed by atoms with E-state index in [1.807, 2.05) is 19.2 Å². The predicted molar refractivity (Wildman–Crippen MR) is 56.0 cm³/mol. The lowest BCUT2D eigenvalue weighted by Gasteiger charge is -2.17. The molecule has 0 saturated heterocycles. The fraction of sp³-hybridized carbons (Fsp3) is 0.444. The molecule has 1 aromatic rings. The number of amides is 1. The SMILES string of the molecule is CCN(CC)C(=O)c1sccc1N. The van der Waals surface area contributed by atoms with E-state index in [0.29, 0.717) is 10.6 Å². The highest BCUT2D eigenvalue weighted by molar-refractivity contribution is 7.12. The fourth-order valence-corrected chi connectivity index (χ4v) is 1.93. The van der Waals surface area contributed by atoms with E-state index in [1.165, 1.54) is 11.3 Å². The lowest BCUT2D eigenvalue weighted by atomic mass is 10.3. The molecule has 0 aliphatic heterocycles. The Kier molecular flexibility index (Phi) is 3.31. The van der Waals surface area contributed by atoms with Gasteiger partial charge in [0.25, 0.3) is 5.91 Å². The summed E-state index contributed by atoms with van der Waals surface area (Å²) in [6.07, 6.45) is 0. The minimum Gasteiger partial charge on any atom is -0.397 e. The lowest BCUT2D eigenvalue weighted by molar-refractivity contribution is 0.0779.